The largest absolute Gasteiger partial charge is 0.268 e. The number of carbonyl (C=O) groups excluding carboxylic acids is 4. The Labute approximate surface area is 255 Å². The molecule has 0 bridgehead atoms. The van der Waals surface area contributed by atoms with Crippen LogP contribution in [0.2, 0.25) is 0 Å². The summed E-state index contributed by atoms with van der Waals surface area (Å²) in [7, 11) is 0. The number of amides is 4. The number of nitrogens with zero attached hydrogens (tertiary/aromatic N) is 2. The summed E-state index contributed by atoms with van der Waals surface area (Å²) in [4.78, 5) is 55.6. The van der Waals surface area contributed by atoms with Crippen molar-refractivity contribution < 1.29 is 19.2 Å². The lowest BCUT2D eigenvalue weighted by molar-refractivity contribution is 0.0910. The van der Waals surface area contributed by atoms with E-state index in [1.165, 1.54) is 9.80 Å². The Bertz CT molecular complexity index is 2090. The summed E-state index contributed by atoms with van der Waals surface area (Å²) in [5.41, 5.74) is 5.74. The topological polar surface area (TPSA) is 74.8 Å². The number of hydrogen-bond donors (Lipinski definition) is 0. The second-order valence-electron chi connectivity index (χ2n) is 12.4. The lowest BCUT2D eigenvalue weighted by Crippen LogP contribution is -2.30. The number of benzene rings is 4. The van der Waals surface area contributed by atoms with Crippen LogP contribution in [0.5, 0.6) is 0 Å². The molecule has 1 unspecified atom stereocenters. The summed E-state index contributed by atoms with van der Waals surface area (Å²) in [6.45, 7) is 6.50. The molecule has 4 amide bonds. The van der Waals surface area contributed by atoms with E-state index in [1.807, 2.05) is 30.3 Å². The minimum Gasteiger partial charge on any atom is -0.268 e. The predicted octanol–water partition coefficient (Wildman–Crippen LogP) is 6.24. The van der Waals surface area contributed by atoms with E-state index in [0.29, 0.717) is 44.8 Å². The summed E-state index contributed by atoms with van der Waals surface area (Å²) in [5, 5.41) is 0. The van der Waals surface area contributed by atoms with Gasteiger partial charge < -0.3 is 0 Å². The quantitative estimate of drug-likeness (QED) is 0.215. The third-order valence-electron chi connectivity index (χ3n) is 9.25. The van der Waals surface area contributed by atoms with Crippen LogP contribution in [0.15, 0.2) is 78.9 Å². The van der Waals surface area contributed by atoms with Gasteiger partial charge in [0.05, 0.1) is 33.6 Å². The van der Waals surface area contributed by atoms with Crippen molar-refractivity contribution in [2.45, 2.75) is 38.0 Å². The fraction of sp³-hybridized carbons (Fsp3) is 0.158. The molecule has 4 aromatic rings. The van der Waals surface area contributed by atoms with E-state index in [9.17, 15) is 19.2 Å². The van der Waals surface area contributed by atoms with Gasteiger partial charge in [0, 0.05) is 16.5 Å². The van der Waals surface area contributed by atoms with E-state index in [4.69, 9.17) is 12.8 Å². The minimum atomic E-state index is -0.480. The zero-order valence-electron chi connectivity index (χ0n) is 24.4. The molecular formula is C38H26N2O4. The van der Waals surface area contributed by atoms with Crippen LogP contribution < -0.4 is 9.80 Å². The molecule has 0 aromatic heterocycles. The second kappa shape index (κ2) is 9.14. The van der Waals surface area contributed by atoms with Crippen molar-refractivity contribution in [3.8, 4) is 24.7 Å². The van der Waals surface area contributed by atoms with Crippen molar-refractivity contribution in [2.75, 3.05) is 9.80 Å². The van der Waals surface area contributed by atoms with E-state index < -0.39 is 17.2 Å². The summed E-state index contributed by atoms with van der Waals surface area (Å²) in [6, 6.07) is 22.9. The van der Waals surface area contributed by atoms with Crippen LogP contribution in [0, 0.1) is 24.7 Å². The number of terminal acetylenes is 2. The Hall–Kier alpha value is -5.72. The van der Waals surface area contributed by atoms with Crippen LogP contribution in [0.25, 0.3) is 0 Å². The second-order valence-corrected chi connectivity index (χ2v) is 12.4. The molecule has 0 saturated carbocycles. The van der Waals surface area contributed by atoms with Gasteiger partial charge in [0.1, 0.15) is 0 Å². The highest BCUT2D eigenvalue weighted by Gasteiger charge is 2.47. The van der Waals surface area contributed by atoms with Crippen molar-refractivity contribution in [3.05, 3.63) is 129 Å². The maximum Gasteiger partial charge on any atom is 0.266 e. The van der Waals surface area contributed by atoms with Crippen molar-refractivity contribution in [1.29, 1.82) is 0 Å². The van der Waals surface area contributed by atoms with Crippen LogP contribution in [0.1, 0.15) is 96.4 Å². The zero-order chi connectivity index (χ0) is 31.1. The van der Waals surface area contributed by atoms with Gasteiger partial charge in [0.2, 0.25) is 0 Å². The van der Waals surface area contributed by atoms with Crippen molar-refractivity contribution in [2.24, 2.45) is 0 Å². The summed E-state index contributed by atoms with van der Waals surface area (Å²) < 4.78 is 0. The maximum absolute atomic E-state index is 13.4. The zero-order valence-corrected chi connectivity index (χ0v) is 24.4. The molecule has 4 aromatic carbocycles. The number of rotatable bonds is 3. The van der Waals surface area contributed by atoms with Gasteiger partial charge >= 0.3 is 0 Å². The van der Waals surface area contributed by atoms with Gasteiger partial charge in [-0.15, -0.1) is 12.8 Å². The average Bonchev–Trinajstić information content (AvgIpc) is 3.52. The molecule has 1 atom stereocenters. The van der Waals surface area contributed by atoms with Crippen LogP contribution in [-0.4, -0.2) is 23.6 Å². The van der Waals surface area contributed by atoms with E-state index in [2.05, 4.69) is 32.6 Å². The monoisotopic (exact) mass is 574 g/mol. The molecule has 2 heterocycles. The van der Waals surface area contributed by atoms with Crippen molar-refractivity contribution in [1.82, 2.24) is 0 Å². The first-order chi connectivity index (χ1) is 21.0. The fourth-order valence-electron chi connectivity index (χ4n) is 7.16. The smallest absolute Gasteiger partial charge is 0.266 e. The first-order valence-corrected chi connectivity index (χ1v) is 14.2. The van der Waals surface area contributed by atoms with Gasteiger partial charge in [-0.05, 0) is 89.2 Å². The molecule has 1 aliphatic carbocycles. The fourth-order valence-corrected chi connectivity index (χ4v) is 7.16. The molecule has 0 spiro atoms. The minimum absolute atomic E-state index is 0.192. The van der Waals surface area contributed by atoms with Crippen molar-refractivity contribution in [3.63, 3.8) is 0 Å². The standard InChI is InChI=1S/C38H26N2O4/c1-6-22-8-15-27-29(18-22)35(43)39(33(27)41)25-12-10-24(11-13-25)38(5)21-37(3,4)31-17-14-26(20-32(31)38)40-34(42)28-16-9-23(7-2)19-30(28)36(40)44/h1-2,8-20H,21H2,3-5H3. The molecule has 6 heteroatoms. The van der Waals surface area contributed by atoms with Gasteiger partial charge in [0.15, 0.2) is 0 Å². The Morgan fingerprint density at radius 1 is 0.568 bits per heavy atom. The van der Waals surface area contributed by atoms with Crippen LogP contribution in [-0.2, 0) is 10.8 Å². The Morgan fingerprint density at radius 2 is 1.05 bits per heavy atom. The average molecular weight is 575 g/mol. The molecule has 0 saturated heterocycles. The highest BCUT2D eigenvalue weighted by atomic mass is 16.2. The molecular weight excluding hydrogens is 548 g/mol. The maximum atomic E-state index is 13.4. The molecule has 6 nitrogen and oxygen atoms in total. The normalized spacial score (nSPS) is 19.5. The van der Waals surface area contributed by atoms with Crippen molar-refractivity contribution >= 4 is 35.0 Å². The molecule has 212 valence electrons. The number of carbonyl (C=O) groups is 4. The third kappa shape index (κ3) is 3.65. The van der Waals surface area contributed by atoms with Crippen LogP contribution in [0.4, 0.5) is 11.4 Å². The van der Waals surface area contributed by atoms with E-state index in [-0.39, 0.29) is 17.2 Å². The molecule has 3 aliphatic rings. The highest BCUT2D eigenvalue weighted by Crippen LogP contribution is 2.54. The van der Waals surface area contributed by atoms with E-state index in [1.54, 1.807) is 48.5 Å². The summed E-state index contributed by atoms with van der Waals surface area (Å²) >= 11 is 0. The summed E-state index contributed by atoms with van der Waals surface area (Å²) in [6.07, 6.45) is 11.8. The van der Waals surface area contributed by atoms with Crippen LogP contribution in [0.3, 0.4) is 0 Å². The summed E-state index contributed by atoms with van der Waals surface area (Å²) in [5.74, 6) is 3.45. The van der Waals surface area contributed by atoms with E-state index >= 15 is 0 Å². The Balaban J connectivity index is 1.25. The van der Waals surface area contributed by atoms with Crippen LogP contribution >= 0.6 is 0 Å². The first-order valence-electron chi connectivity index (χ1n) is 14.2. The molecule has 0 fully saturated rings. The lowest BCUT2D eigenvalue weighted by Gasteiger charge is -2.29. The molecule has 7 rings (SSSR count). The number of imide groups is 2. The first kappa shape index (κ1) is 27.1. The Morgan fingerprint density at radius 3 is 1.57 bits per heavy atom. The van der Waals surface area contributed by atoms with E-state index in [0.717, 1.165) is 23.1 Å². The molecule has 0 N–H and O–H groups in total. The highest BCUT2D eigenvalue weighted by molar-refractivity contribution is 6.35. The van der Waals surface area contributed by atoms with Gasteiger partial charge in [0.25, 0.3) is 23.6 Å². The number of fused-ring (bicyclic) bond motifs is 3. The number of anilines is 2. The molecule has 44 heavy (non-hydrogen) atoms. The lowest BCUT2D eigenvalue weighted by atomic mass is 9.75. The van der Waals surface area contributed by atoms with Gasteiger partial charge in [-0.25, -0.2) is 9.80 Å². The third-order valence-corrected chi connectivity index (χ3v) is 9.25. The molecule has 0 radical (unpaired) electrons. The molecule has 2 aliphatic heterocycles. The number of hydrogen-bond acceptors (Lipinski definition) is 4. The SMILES string of the molecule is C#Cc1ccc2c(c1)C(=O)N(c1ccc(C3(C)CC(C)(C)c4ccc(N5C(=O)c6ccc(C#C)cc6C5=O)cc43)cc1)C2=O. The van der Waals surface area contributed by atoms with Gasteiger partial charge in [-0.3, -0.25) is 19.2 Å². The van der Waals surface area contributed by atoms with Gasteiger partial charge in [-0.1, -0.05) is 50.8 Å². The predicted molar refractivity (Wildman–Crippen MR) is 168 cm³/mol. The van der Waals surface area contributed by atoms with Gasteiger partial charge in [-0.2, -0.15) is 0 Å². The Kier molecular flexibility index (Phi) is 5.64.